The molecule has 3 aromatic carbocycles. The summed E-state index contributed by atoms with van der Waals surface area (Å²) in [5.74, 6) is 0.426. The number of para-hydroxylation sites is 2. The zero-order chi connectivity index (χ0) is 20.7. The summed E-state index contributed by atoms with van der Waals surface area (Å²) in [4.78, 5) is 26.8. The van der Waals surface area contributed by atoms with Crippen LogP contribution in [0.1, 0.15) is 24.5 Å². The first-order valence-electron chi connectivity index (χ1n) is 10.2. The molecule has 0 radical (unpaired) electrons. The van der Waals surface area contributed by atoms with Gasteiger partial charge in [0.15, 0.2) is 6.10 Å². The van der Waals surface area contributed by atoms with E-state index in [1.54, 1.807) is 11.8 Å². The summed E-state index contributed by atoms with van der Waals surface area (Å²) in [5.41, 5.74) is 6.53. The van der Waals surface area contributed by atoms with Crippen molar-refractivity contribution in [3.05, 3.63) is 77.9 Å². The number of carbonyl (C=O) groups excluding carboxylic acids is 2. The van der Waals surface area contributed by atoms with E-state index in [2.05, 4.69) is 35.6 Å². The predicted molar refractivity (Wildman–Crippen MR) is 117 cm³/mol. The molecule has 150 valence electrons. The molecule has 1 heterocycles. The summed E-state index contributed by atoms with van der Waals surface area (Å²) >= 11 is 0. The molecule has 1 aliphatic heterocycles. The second kappa shape index (κ2) is 7.34. The van der Waals surface area contributed by atoms with E-state index in [4.69, 9.17) is 4.74 Å². The Balaban J connectivity index is 1.27. The molecular formula is C25H22N2O3. The smallest absolute Gasteiger partial charge is 0.267 e. The maximum absolute atomic E-state index is 12.6. The average Bonchev–Trinajstić information content (AvgIpc) is 3.12. The van der Waals surface area contributed by atoms with Gasteiger partial charge >= 0.3 is 0 Å². The number of nitrogens with one attached hydrogen (secondary N) is 1. The van der Waals surface area contributed by atoms with Crippen LogP contribution in [-0.2, 0) is 16.0 Å². The first-order valence-corrected chi connectivity index (χ1v) is 10.2. The Morgan fingerprint density at radius 3 is 2.70 bits per heavy atom. The van der Waals surface area contributed by atoms with E-state index in [1.807, 2.05) is 36.4 Å². The van der Waals surface area contributed by atoms with Gasteiger partial charge in [0.25, 0.3) is 5.91 Å². The third-order valence-corrected chi connectivity index (χ3v) is 5.71. The number of anilines is 2. The number of amides is 2. The van der Waals surface area contributed by atoms with Crippen LogP contribution in [0.15, 0.2) is 66.7 Å². The lowest BCUT2D eigenvalue weighted by molar-refractivity contribution is -0.125. The van der Waals surface area contributed by atoms with Crippen LogP contribution in [0.25, 0.3) is 11.1 Å². The highest BCUT2D eigenvalue weighted by Crippen LogP contribution is 2.37. The summed E-state index contributed by atoms with van der Waals surface area (Å²) < 4.78 is 5.65. The number of rotatable bonds is 4. The standard InChI is InChI=1S/C25H22N2O3/c1-16-25(29)27(22-8-4-5-9-23(22)30-16)13-12-24(28)26-19-10-11-21-18(15-19)14-17-6-2-3-7-20(17)21/h2-11,15-16H,12-14H2,1H3,(H,26,28)/t16-/m0/s1. The van der Waals surface area contributed by atoms with Crippen molar-refractivity contribution >= 4 is 23.2 Å². The van der Waals surface area contributed by atoms with Crippen LogP contribution in [0.3, 0.4) is 0 Å². The molecule has 0 saturated heterocycles. The van der Waals surface area contributed by atoms with E-state index < -0.39 is 6.10 Å². The molecule has 0 fully saturated rings. The van der Waals surface area contributed by atoms with Crippen molar-refractivity contribution < 1.29 is 14.3 Å². The molecule has 5 heteroatoms. The first kappa shape index (κ1) is 18.4. The van der Waals surface area contributed by atoms with Crippen LogP contribution in [0.5, 0.6) is 5.75 Å². The normalized spacial score (nSPS) is 16.4. The van der Waals surface area contributed by atoms with Crippen LogP contribution in [0, 0.1) is 0 Å². The summed E-state index contributed by atoms with van der Waals surface area (Å²) in [6, 6.07) is 21.9. The third kappa shape index (κ3) is 3.22. The van der Waals surface area contributed by atoms with Crippen molar-refractivity contribution in [3.8, 4) is 16.9 Å². The van der Waals surface area contributed by atoms with Gasteiger partial charge in [-0.2, -0.15) is 0 Å². The number of carbonyl (C=O) groups is 2. The molecule has 5 rings (SSSR count). The zero-order valence-electron chi connectivity index (χ0n) is 16.7. The molecule has 1 aliphatic carbocycles. The fourth-order valence-electron chi connectivity index (χ4n) is 4.25. The van der Waals surface area contributed by atoms with Crippen LogP contribution >= 0.6 is 0 Å². The summed E-state index contributed by atoms with van der Waals surface area (Å²) in [7, 11) is 0. The minimum Gasteiger partial charge on any atom is -0.479 e. The lowest BCUT2D eigenvalue weighted by Crippen LogP contribution is -2.45. The minimum atomic E-state index is -0.554. The molecule has 0 aromatic heterocycles. The summed E-state index contributed by atoms with van der Waals surface area (Å²) in [5, 5.41) is 2.98. The van der Waals surface area contributed by atoms with Crippen LogP contribution in [0.2, 0.25) is 0 Å². The Bertz CT molecular complexity index is 1150. The molecule has 1 atom stereocenters. The predicted octanol–water partition coefficient (Wildman–Crippen LogP) is 4.40. The number of hydrogen-bond donors (Lipinski definition) is 1. The Morgan fingerprint density at radius 2 is 1.80 bits per heavy atom. The minimum absolute atomic E-state index is 0.116. The van der Waals surface area contributed by atoms with Crippen LogP contribution in [0.4, 0.5) is 11.4 Å². The molecule has 0 unspecified atom stereocenters. The number of benzene rings is 3. The number of nitrogens with zero attached hydrogens (tertiary/aromatic N) is 1. The molecule has 0 saturated carbocycles. The number of hydrogen-bond acceptors (Lipinski definition) is 3. The topological polar surface area (TPSA) is 58.6 Å². The second-order valence-electron chi connectivity index (χ2n) is 7.72. The second-order valence-corrected chi connectivity index (χ2v) is 7.72. The van der Waals surface area contributed by atoms with E-state index in [0.29, 0.717) is 18.0 Å². The third-order valence-electron chi connectivity index (χ3n) is 5.71. The maximum atomic E-state index is 12.6. The van der Waals surface area contributed by atoms with Crippen molar-refractivity contribution in [1.82, 2.24) is 0 Å². The molecular weight excluding hydrogens is 376 g/mol. The lowest BCUT2D eigenvalue weighted by Gasteiger charge is -2.32. The van der Waals surface area contributed by atoms with Gasteiger partial charge < -0.3 is 15.0 Å². The molecule has 0 spiro atoms. The highest BCUT2D eigenvalue weighted by atomic mass is 16.5. The van der Waals surface area contributed by atoms with E-state index in [-0.39, 0.29) is 18.2 Å². The Kier molecular flexibility index (Phi) is 4.51. The molecule has 2 amide bonds. The Labute approximate surface area is 175 Å². The molecule has 30 heavy (non-hydrogen) atoms. The van der Waals surface area contributed by atoms with E-state index in [0.717, 1.165) is 12.1 Å². The van der Waals surface area contributed by atoms with Crippen molar-refractivity contribution in [2.75, 3.05) is 16.8 Å². The van der Waals surface area contributed by atoms with Crippen molar-refractivity contribution in [1.29, 1.82) is 0 Å². The molecule has 0 bridgehead atoms. The average molecular weight is 398 g/mol. The van der Waals surface area contributed by atoms with Gasteiger partial charge in [-0.3, -0.25) is 9.59 Å². The van der Waals surface area contributed by atoms with Crippen LogP contribution < -0.4 is 15.0 Å². The van der Waals surface area contributed by atoms with Gasteiger partial charge in [-0.05, 0) is 59.9 Å². The van der Waals surface area contributed by atoms with Gasteiger partial charge in [0.2, 0.25) is 5.91 Å². The van der Waals surface area contributed by atoms with Gasteiger partial charge in [0.1, 0.15) is 5.75 Å². The fraction of sp³-hybridized carbons (Fsp3) is 0.200. The Hall–Kier alpha value is -3.60. The first-order chi connectivity index (χ1) is 14.6. The van der Waals surface area contributed by atoms with Gasteiger partial charge in [-0.25, -0.2) is 0 Å². The summed E-state index contributed by atoms with van der Waals surface area (Å²) in [6.07, 6.45) is 0.539. The zero-order valence-corrected chi connectivity index (χ0v) is 16.7. The van der Waals surface area contributed by atoms with Gasteiger partial charge in [-0.15, -0.1) is 0 Å². The fourth-order valence-corrected chi connectivity index (χ4v) is 4.25. The Morgan fingerprint density at radius 1 is 1.03 bits per heavy atom. The van der Waals surface area contributed by atoms with Gasteiger partial charge in [0.05, 0.1) is 5.69 Å². The molecule has 5 nitrogen and oxygen atoms in total. The van der Waals surface area contributed by atoms with E-state index in [9.17, 15) is 9.59 Å². The van der Waals surface area contributed by atoms with Crippen molar-refractivity contribution in [3.63, 3.8) is 0 Å². The monoisotopic (exact) mass is 398 g/mol. The van der Waals surface area contributed by atoms with Gasteiger partial charge in [0, 0.05) is 18.7 Å². The lowest BCUT2D eigenvalue weighted by atomic mass is 10.1. The number of ether oxygens (including phenoxy) is 1. The highest BCUT2D eigenvalue weighted by molar-refractivity contribution is 6.01. The molecule has 3 aromatic rings. The maximum Gasteiger partial charge on any atom is 0.267 e. The quantitative estimate of drug-likeness (QED) is 0.554. The van der Waals surface area contributed by atoms with E-state index >= 15 is 0 Å². The van der Waals surface area contributed by atoms with Crippen molar-refractivity contribution in [2.45, 2.75) is 25.9 Å². The van der Waals surface area contributed by atoms with E-state index in [1.165, 1.54) is 22.3 Å². The largest absolute Gasteiger partial charge is 0.479 e. The van der Waals surface area contributed by atoms with Crippen LogP contribution in [-0.4, -0.2) is 24.5 Å². The molecule has 1 N–H and O–H groups in total. The highest BCUT2D eigenvalue weighted by Gasteiger charge is 2.31. The van der Waals surface area contributed by atoms with Crippen molar-refractivity contribution in [2.24, 2.45) is 0 Å². The summed E-state index contributed by atoms with van der Waals surface area (Å²) in [6.45, 7) is 2.04. The van der Waals surface area contributed by atoms with Gasteiger partial charge in [-0.1, -0.05) is 42.5 Å². The SMILES string of the molecule is C[C@@H]1Oc2ccccc2N(CCC(=O)Nc2ccc3c(c2)Cc2ccccc2-3)C1=O. The number of fused-ring (bicyclic) bond motifs is 4. The molecule has 2 aliphatic rings.